The summed E-state index contributed by atoms with van der Waals surface area (Å²) in [6, 6.07) is 9.28. The molecule has 7 nitrogen and oxygen atoms in total. The monoisotopic (exact) mass is 426 g/mol. The fraction of sp³-hybridized carbons (Fsp3) is 0.708. The molecule has 31 heavy (non-hydrogen) atoms. The van der Waals surface area contributed by atoms with Gasteiger partial charge in [-0.15, -0.1) is 5.10 Å². The van der Waals surface area contributed by atoms with E-state index in [1.807, 2.05) is 16.8 Å². The molecule has 2 heterocycles. The summed E-state index contributed by atoms with van der Waals surface area (Å²) in [6.07, 6.45) is 10.5. The number of aromatic nitrogens is 4. The van der Waals surface area contributed by atoms with Gasteiger partial charge in [0.15, 0.2) is 5.82 Å². The molecule has 1 saturated carbocycles. The van der Waals surface area contributed by atoms with Gasteiger partial charge in [-0.05, 0) is 47.4 Å². The van der Waals surface area contributed by atoms with Crippen molar-refractivity contribution in [2.45, 2.75) is 76.9 Å². The van der Waals surface area contributed by atoms with Gasteiger partial charge >= 0.3 is 0 Å². The molecule has 170 valence electrons. The van der Waals surface area contributed by atoms with Crippen molar-refractivity contribution >= 4 is 0 Å². The molecule has 0 radical (unpaired) electrons. The summed E-state index contributed by atoms with van der Waals surface area (Å²) < 4.78 is 7.28. The first kappa shape index (κ1) is 22.2. The summed E-state index contributed by atoms with van der Waals surface area (Å²) in [5.74, 6) is 1.88. The van der Waals surface area contributed by atoms with Gasteiger partial charge in [0.1, 0.15) is 5.75 Å². The summed E-state index contributed by atoms with van der Waals surface area (Å²) in [7, 11) is 1.70. The van der Waals surface area contributed by atoms with Crippen LogP contribution in [-0.2, 0) is 6.54 Å². The van der Waals surface area contributed by atoms with Crippen LogP contribution in [0.15, 0.2) is 24.3 Å². The molecule has 1 aliphatic heterocycles. The van der Waals surface area contributed by atoms with Crippen molar-refractivity contribution in [3.05, 3.63) is 35.7 Å². The van der Waals surface area contributed by atoms with E-state index in [1.165, 1.54) is 63.6 Å². The third-order valence-corrected chi connectivity index (χ3v) is 7.06. The predicted molar refractivity (Wildman–Crippen MR) is 122 cm³/mol. The Morgan fingerprint density at radius 2 is 1.77 bits per heavy atom. The van der Waals surface area contributed by atoms with Crippen molar-refractivity contribution in [2.75, 3.05) is 33.3 Å². The zero-order valence-electron chi connectivity index (χ0n) is 19.2. The van der Waals surface area contributed by atoms with Gasteiger partial charge in [-0.2, -0.15) is 0 Å². The number of piperazine rings is 1. The van der Waals surface area contributed by atoms with Crippen LogP contribution in [0.4, 0.5) is 0 Å². The van der Waals surface area contributed by atoms with Gasteiger partial charge in [-0.1, -0.05) is 51.2 Å². The fourth-order valence-electron chi connectivity index (χ4n) is 5.20. The highest BCUT2D eigenvalue weighted by Gasteiger charge is 2.31. The standard InChI is InChI=1S/C24H38N6O/c1-3-4-10-23(29-17-15-28(16-18-29)21-8-6-5-7-9-21)24-25-26-27-30(24)19-20-11-13-22(31-2)14-12-20/h11-14,21,23H,3-10,15-19H2,1-2H3/t23-/m1/s1. The summed E-state index contributed by atoms with van der Waals surface area (Å²) in [6.45, 7) is 7.52. The second-order valence-corrected chi connectivity index (χ2v) is 9.06. The quantitative estimate of drug-likeness (QED) is 0.606. The lowest BCUT2D eigenvalue weighted by atomic mass is 9.93. The Hall–Kier alpha value is -1.99. The maximum absolute atomic E-state index is 5.28. The van der Waals surface area contributed by atoms with E-state index in [4.69, 9.17) is 4.74 Å². The minimum absolute atomic E-state index is 0.293. The highest BCUT2D eigenvalue weighted by atomic mass is 16.5. The van der Waals surface area contributed by atoms with Crippen molar-refractivity contribution in [1.29, 1.82) is 0 Å². The van der Waals surface area contributed by atoms with Crippen molar-refractivity contribution in [3.63, 3.8) is 0 Å². The van der Waals surface area contributed by atoms with Gasteiger partial charge in [0.25, 0.3) is 0 Å². The Labute approximate surface area is 186 Å². The number of ether oxygens (including phenoxy) is 1. The molecule has 2 fully saturated rings. The van der Waals surface area contributed by atoms with E-state index in [0.29, 0.717) is 12.6 Å². The lowest BCUT2D eigenvalue weighted by molar-refractivity contribution is 0.0497. The van der Waals surface area contributed by atoms with Gasteiger partial charge < -0.3 is 4.74 Å². The molecule has 1 aromatic heterocycles. The molecule has 0 N–H and O–H groups in total. The number of methoxy groups -OCH3 is 1. The number of nitrogens with zero attached hydrogens (tertiary/aromatic N) is 6. The van der Waals surface area contributed by atoms with Gasteiger partial charge in [0.2, 0.25) is 0 Å². The van der Waals surface area contributed by atoms with Gasteiger partial charge in [-0.25, -0.2) is 4.68 Å². The van der Waals surface area contributed by atoms with E-state index >= 15 is 0 Å². The summed E-state index contributed by atoms with van der Waals surface area (Å²) >= 11 is 0. The van der Waals surface area contributed by atoms with Crippen LogP contribution in [0.3, 0.4) is 0 Å². The van der Waals surface area contributed by atoms with E-state index in [9.17, 15) is 0 Å². The molecule has 7 heteroatoms. The van der Waals surface area contributed by atoms with E-state index in [1.54, 1.807) is 7.11 Å². The Balaban J connectivity index is 1.44. The first-order chi connectivity index (χ1) is 15.3. The minimum atomic E-state index is 0.293. The molecule has 1 atom stereocenters. The van der Waals surface area contributed by atoms with Crippen LogP contribution in [0.5, 0.6) is 5.75 Å². The highest BCUT2D eigenvalue weighted by molar-refractivity contribution is 5.27. The molecule has 2 aliphatic rings. The van der Waals surface area contributed by atoms with Crippen molar-refractivity contribution in [2.24, 2.45) is 0 Å². The van der Waals surface area contributed by atoms with Gasteiger partial charge in [-0.3, -0.25) is 9.80 Å². The van der Waals surface area contributed by atoms with Crippen molar-refractivity contribution < 1.29 is 4.74 Å². The predicted octanol–water partition coefficient (Wildman–Crippen LogP) is 3.91. The maximum Gasteiger partial charge on any atom is 0.168 e. The molecule has 0 amide bonds. The van der Waals surface area contributed by atoms with Crippen LogP contribution < -0.4 is 4.74 Å². The van der Waals surface area contributed by atoms with Crippen LogP contribution in [0, 0.1) is 0 Å². The average molecular weight is 427 g/mol. The van der Waals surface area contributed by atoms with E-state index in [2.05, 4.69) is 44.4 Å². The molecular formula is C24H38N6O. The molecule has 2 aromatic rings. The molecule has 1 aliphatic carbocycles. The third-order valence-electron chi connectivity index (χ3n) is 7.06. The average Bonchev–Trinajstić information content (AvgIpc) is 3.28. The molecule has 0 unspecified atom stereocenters. The van der Waals surface area contributed by atoms with E-state index in [0.717, 1.165) is 37.1 Å². The number of tetrazole rings is 1. The van der Waals surface area contributed by atoms with Crippen LogP contribution in [0.2, 0.25) is 0 Å². The number of hydrogen-bond donors (Lipinski definition) is 0. The van der Waals surface area contributed by atoms with Crippen molar-refractivity contribution in [3.8, 4) is 5.75 Å². The van der Waals surface area contributed by atoms with E-state index in [-0.39, 0.29) is 0 Å². The second kappa shape index (κ2) is 11.0. The third kappa shape index (κ3) is 5.63. The maximum atomic E-state index is 5.28. The summed E-state index contributed by atoms with van der Waals surface area (Å²) in [5.41, 5.74) is 1.19. The Bertz CT molecular complexity index is 778. The normalized spacial score (nSPS) is 20.1. The molecule has 0 spiro atoms. The Morgan fingerprint density at radius 1 is 1.03 bits per heavy atom. The van der Waals surface area contributed by atoms with Crippen LogP contribution in [-0.4, -0.2) is 69.3 Å². The molecule has 1 saturated heterocycles. The second-order valence-electron chi connectivity index (χ2n) is 9.06. The van der Waals surface area contributed by atoms with Crippen LogP contribution >= 0.6 is 0 Å². The first-order valence-corrected chi connectivity index (χ1v) is 12.2. The van der Waals surface area contributed by atoms with Crippen molar-refractivity contribution in [1.82, 2.24) is 30.0 Å². The summed E-state index contributed by atoms with van der Waals surface area (Å²) in [5, 5.41) is 12.9. The van der Waals surface area contributed by atoms with E-state index < -0.39 is 0 Å². The molecule has 4 rings (SSSR count). The van der Waals surface area contributed by atoms with Gasteiger partial charge in [0, 0.05) is 32.2 Å². The van der Waals surface area contributed by atoms with Crippen LogP contribution in [0.25, 0.3) is 0 Å². The van der Waals surface area contributed by atoms with Crippen LogP contribution in [0.1, 0.15) is 75.7 Å². The number of unbranched alkanes of at least 4 members (excludes halogenated alkanes) is 1. The highest BCUT2D eigenvalue weighted by Crippen LogP contribution is 2.29. The number of hydrogen-bond acceptors (Lipinski definition) is 6. The zero-order chi connectivity index (χ0) is 21.5. The zero-order valence-corrected chi connectivity index (χ0v) is 19.2. The number of benzene rings is 1. The largest absolute Gasteiger partial charge is 0.497 e. The van der Waals surface area contributed by atoms with Gasteiger partial charge in [0.05, 0.1) is 19.7 Å². The SMILES string of the molecule is CCCC[C@H](c1nnnn1Cc1ccc(OC)cc1)N1CCN(C2CCCCC2)CC1. The minimum Gasteiger partial charge on any atom is -0.497 e. The lowest BCUT2D eigenvalue weighted by Gasteiger charge is -2.43. The first-order valence-electron chi connectivity index (χ1n) is 12.2. The molecular weight excluding hydrogens is 388 g/mol. The molecule has 0 bridgehead atoms. The Kier molecular flexibility index (Phi) is 7.92. The molecule has 1 aromatic carbocycles. The topological polar surface area (TPSA) is 59.3 Å². The fourth-order valence-corrected chi connectivity index (χ4v) is 5.20. The lowest BCUT2D eigenvalue weighted by Crippen LogP contribution is -2.51. The summed E-state index contributed by atoms with van der Waals surface area (Å²) in [4.78, 5) is 5.37. The number of rotatable bonds is 9. The smallest absolute Gasteiger partial charge is 0.168 e. The Morgan fingerprint density at radius 3 is 2.45 bits per heavy atom.